The van der Waals surface area contributed by atoms with Crippen LogP contribution in [0.3, 0.4) is 0 Å². The summed E-state index contributed by atoms with van der Waals surface area (Å²) in [5.74, 6) is 0.914. The Labute approximate surface area is 147 Å². The van der Waals surface area contributed by atoms with Gasteiger partial charge in [0, 0.05) is 25.2 Å². The predicted octanol–water partition coefficient (Wildman–Crippen LogP) is 3.14. The molecule has 1 N–H and O–H groups in total. The summed E-state index contributed by atoms with van der Waals surface area (Å²) in [4.78, 5) is 2.36. The van der Waals surface area contributed by atoms with Gasteiger partial charge in [-0.25, -0.2) is 0 Å². The van der Waals surface area contributed by atoms with Gasteiger partial charge in [-0.1, -0.05) is 42.5 Å². The third-order valence-corrected chi connectivity index (χ3v) is 4.65. The third-order valence-electron chi connectivity index (χ3n) is 4.65. The minimum absolute atomic E-state index is 0.221. The van der Waals surface area contributed by atoms with E-state index in [-0.39, 0.29) is 5.88 Å². The van der Waals surface area contributed by atoms with Crippen molar-refractivity contribution in [2.45, 2.75) is 19.5 Å². The molecule has 1 aliphatic rings. The Hall–Kier alpha value is -2.79. The Kier molecular flexibility index (Phi) is 4.15. The van der Waals surface area contributed by atoms with Crippen LogP contribution in [0.4, 0.5) is 0 Å². The van der Waals surface area contributed by atoms with Crippen molar-refractivity contribution in [2.75, 3.05) is 13.7 Å². The summed E-state index contributed by atoms with van der Waals surface area (Å²) in [6.07, 6.45) is 0.795. The maximum atomic E-state index is 10.7. The van der Waals surface area contributed by atoms with Gasteiger partial charge in [-0.2, -0.15) is 9.78 Å². The lowest BCUT2D eigenvalue weighted by molar-refractivity contribution is 0.241. The number of hydrogen-bond acceptors (Lipinski definition) is 4. The molecule has 1 aromatic heterocycles. The minimum atomic E-state index is 0.221. The molecule has 2 heterocycles. The summed E-state index contributed by atoms with van der Waals surface area (Å²) in [5, 5.41) is 15.3. The molecule has 5 nitrogen and oxygen atoms in total. The van der Waals surface area contributed by atoms with Gasteiger partial charge in [0.25, 0.3) is 0 Å². The molecule has 0 saturated heterocycles. The van der Waals surface area contributed by atoms with Crippen LogP contribution >= 0.6 is 0 Å². The molecule has 25 heavy (non-hydrogen) atoms. The van der Waals surface area contributed by atoms with E-state index in [1.165, 1.54) is 5.56 Å². The van der Waals surface area contributed by atoms with Crippen LogP contribution in [0.25, 0.3) is 5.69 Å². The van der Waals surface area contributed by atoms with E-state index in [2.05, 4.69) is 34.3 Å². The highest BCUT2D eigenvalue weighted by Gasteiger charge is 2.25. The number of hydrogen-bond donors (Lipinski definition) is 1. The largest absolute Gasteiger partial charge is 0.494 e. The van der Waals surface area contributed by atoms with Crippen LogP contribution in [0.5, 0.6) is 11.6 Å². The summed E-state index contributed by atoms with van der Waals surface area (Å²) in [7, 11) is 1.63. The first-order chi connectivity index (χ1) is 12.3. The van der Waals surface area contributed by atoms with E-state index in [0.717, 1.165) is 43.0 Å². The average molecular weight is 335 g/mol. The van der Waals surface area contributed by atoms with Crippen LogP contribution < -0.4 is 4.74 Å². The lowest BCUT2D eigenvalue weighted by atomic mass is 10.1. The van der Waals surface area contributed by atoms with Gasteiger partial charge in [0.15, 0.2) is 0 Å². The standard InChI is InChI=1S/C20H21N3O2/c1-25-19-10-6-5-9-18(19)23-20(24)16-11-12-22(14-17(16)21-23)13-15-7-3-2-4-8-15/h2-10,24H,11-14H2,1H3. The van der Waals surface area contributed by atoms with Crippen molar-refractivity contribution >= 4 is 0 Å². The lowest BCUT2D eigenvalue weighted by Crippen LogP contribution is -2.29. The van der Waals surface area contributed by atoms with Gasteiger partial charge < -0.3 is 9.84 Å². The van der Waals surface area contributed by atoms with Crippen molar-refractivity contribution in [3.8, 4) is 17.3 Å². The predicted molar refractivity (Wildman–Crippen MR) is 96.0 cm³/mol. The highest BCUT2D eigenvalue weighted by atomic mass is 16.5. The Balaban J connectivity index is 1.62. The smallest absolute Gasteiger partial charge is 0.217 e. The summed E-state index contributed by atoms with van der Waals surface area (Å²) in [5.41, 5.74) is 3.92. The van der Waals surface area contributed by atoms with Gasteiger partial charge in [0.1, 0.15) is 11.4 Å². The molecule has 0 saturated carbocycles. The van der Waals surface area contributed by atoms with Gasteiger partial charge in [0.2, 0.25) is 5.88 Å². The molecule has 0 spiro atoms. The van der Waals surface area contributed by atoms with Crippen LogP contribution in [0.2, 0.25) is 0 Å². The molecule has 0 bridgehead atoms. The lowest BCUT2D eigenvalue weighted by Gasteiger charge is -2.25. The fourth-order valence-corrected chi connectivity index (χ4v) is 3.38. The molecule has 2 aromatic carbocycles. The number of benzene rings is 2. The van der Waals surface area contributed by atoms with E-state index in [1.807, 2.05) is 30.3 Å². The van der Waals surface area contributed by atoms with Crippen molar-refractivity contribution in [3.05, 3.63) is 71.4 Å². The van der Waals surface area contributed by atoms with Gasteiger partial charge in [-0.3, -0.25) is 4.90 Å². The molecule has 0 aliphatic carbocycles. The zero-order valence-corrected chi connectivity index (χ0v) is 14.2. The number of nitrogens with zero attached hydrogens (tertiary/aromatic N) is 3. The topological polar surface area (TPSA) is 50.5 Å². The second kappa shape index (κ2) is 6.61. The van der Waals surface area contributed by atoms with E-state index in [0.29, 0.717) is 5.75 Å². The molecule has 4 rings (SSSR count). The molecule has 0 amide bonds. The Morgan fingerprint density at radius 1 is 1.08 bits per heavy atom. The van der Waals surface area contributed by atoms with E-state index in [1.54, 1.807) is 11.8 Å². The zero-order valence-electron chi connectivity index (χ0n) is 14.2. The van der Waals surface area contributed by atoms with Crippen LogP contribution in [-0.4, -0.2) is 33.4 Å². The normalized spacial score (nSPS) is 14.3. The first kappa shape index (κ1) is 15.7. The Morgan fingerprint density at radius 3 is 2.64 bits per heavy atom. The second-order valence-electron chi connectivity index (χ2n) is 6.28. The SMILES string of the molecule is COc1ccccc1-n1nc2c(c1O)CCN(Cc1ccccc1)C2. The van der Waals surface area contributed by atoms with Crippen molar-refractivity contribution in [3.63, 3.8) is 0 Å². The maximum absolute atomic E-state index is 10.7. The highest BCUT2D eigenvalue weighted by Crippen LogP contribution is 2.32. The second-order valence-corrected chi connectivity index (χ2v) is 6.28. The van der Waals surface area contributed by atoms with Crippen LogP contribution in [-0.2, 0) is 19.5 Å². The fraction of sp³-hybridized carbons (Fsp3) is 0.250. The molecule has 5 heteroatoms. The van der Waals surface area contributed by atoms with Gasteiger partial charge in [-0.05, 0) is 24.1 Å². The van der Waals surface area contributed by atoms with Gasteiger partial charge in [-0.15, -0.1) is 0 Å². The summed E-state index contributed by atoms with van der Waals surface area (Å²) in [6.45, 7) is 2.54. The molecule has 3 aromatic rings. The summed E-state index contributed by atoms with van der Waals surface area (Å²) >= 11 is 0. The Morgan fingerprint density at radius 2 is 1.84 bits per heavy atom. The van der Waals surface area contributed by atoms with Crippen molar-refractivity contribution in [1.82, 2.24) is 14.7 Å². The number of fused-ring (bicyclic) bond motifs is 1. The van der Waals surface area contributed by atoms with Crippen molar-refractivity contribution in [1.29, 1.82) is 0 Å². The zero-order chi connectivity index (χ0) is 17.2. The molecular formula is C20H21N3O2. The number of aromatic hydroxyl groups is 1. The molecule has 128 valence electrons. The number of rotatable bonds is 4. The molecule has 1 aliphatic heterocycles. The molecule has 0 atom stereocenters. The fourth-order valence-electron chi connectivity index (χ4n) is 3.38. The molecular weight excluding hydrogens is 314 g/mol. The molecule has 0 unspecified atom stereocenters. The van der Waals surface area contributed by atoms with Crippen molar-refractivity contribution < 1.29 is 9.84 Å². The number of methoxy groups -OCH3 is 1. The Bertz CT molecular complexity index is 874. The van der Waals surface area contributed by atoms with Gasteiger partial charge in [0.05, 0.1) is 12.8 Å². The van der Waals surface area contributed by atoms with E-state index < -0.39 is 0 Å². The van der Waals surface area contributed by atoms with E-state index in [4.69, 9.17) is 4.74 Å². The number of para-hydroxylation sites is 2. The van der Waals surface area contributed by atoms with Crippen LogP contribution in [0, 0.1) is 0 Å². The van der Waals surface area contributed by atoms with E-state index in [9.17, 15) is 5.11 Å². The number of ether oxygens (including phenoxy) is 1. The average Bonchev–Trinajstić information content (AvgIpc) is 2.98. The molecule has 0 fully saturated rings. The summed E-state index contributed by atoms with van der Waals surface area (Å²) < 4.78 is 7.00. The quantitative estimate of drug-likeness (QED) is 0.796. The van der Waals surface area contributed by atoms with Crippen LogP contribution in [0.15, 0.2) is 54.6 Å². The number of aromatic nitrogens is 2. The molecule has 0 radical (unpaired) electrons. The van der Waals surface area contributed by atoms with Crippen LogP contribution in [0.1, 0.15) is 16.8 Å². The monoisotopic (exact) mass is 335 g/mol. The maximum Gasteiger partial charge on any atom is 0.217 e. The highest BCUT2D eigenvalue weighted by molar-refractivity contribution is 5.50. The summed E-state index contributed by atoms with van der Waals surface area (Å²) in [6, 6.07) is 18.0. The van der Waals surface area contributed by atoms with E-state index >= 15 is 0 Å². The van der Waals surface area contributed by atoms with Crippen molar-refractivity contribution in [2.24, 2.45) is 0 Å². The van der Waals surface area contributed by atoms with Gasteiger partial charge >= 0.3 is 0 Å². The minimum Gasteiger partial charge on any atom is -0.494 e. The third kappa shape index (κ3) is 2.98. The first-order valence-corrected chi connectivity index (χ1v) is 8.45. The first-order valence-electron chi connectivity index (χ1n) is 8.45.